The van der Waals surface area contributed by atoms with Gasteiger partial charge in [-0.15, -0.1) is 0 Å². The Morgan fingerprint density at radius 1 is 1.37 bits per heavy atom. The summed E-state index contributed by atoms with van der Waals surface area (Å²) in [4.78, 5) is 11.3. The van der Waals surface area contributed by atoms with Crippen LogP contribution in [-0.2, 0) is 0 Å². The van der Waals surface area contributed by atoms with Gasteiger partial charge in [-0.1, -0.05) is 50.1 Å². The lowest BCUT2D eigenvalue weighted by Gasteiger charge is -2.13. The molecule has 2 N–H and O–H groups in total. The van der Waals surface area contributed by atoms with Gasteiger partial charge in [0.1, 0.15) is 0 Å². The summed E-state index contributed by atoms with van der Waals surface area (Å²) in [5, 5.41) is 5.78. The van der Waals surface area contributed by atoms with Gasteiger partial charge in [0.2, 0.25) is 0 Å². The molecule has 2 rings (SSSR count). The van der Waals surface area contributed by atoms with Crippen LogP contribution in [0.4, 0.5) is 4.79 Å². The van der Waals surface area contributed by atoms with E-state index in [2.05, 4.69) is 24.2 Å². The Morgan fingerprint density at radius 3 is 2.74 bits per heavy atom. The van der Waals surface area contributed by atoms with E-state index in [-0.39, 0.29) is 5.92 Å². The molecule has 1 aliphatic heterocycles. The van der Waals surface area contributed by atoms with Gasteiger partial charge in [-0.3, -0.25) is 0 Å². The maximum atomic E-state index is 11.3. The number of hydrazone groups is 1. The Morgan fingerprint density at radius 2 is 2.11 bits per heavy atom. The van der Waals surface area contributed by atoms with Gasteiger partial charge in [0.25, 0.3) is 0 Å². The summed E-state index contributed by atoms with van der Waals surface area (Å²) in [7, 11) is 0. The minimum atomic E-state index is -0.466. The van der Waals surface area contributed by atoms with Crippen LogP contribution in [0.15, 0.2) is 35.4 Å². The number of carbonyl (C=O) groups is 1. The fourth-order valence-electron chi connectivity index (χ4n) is 2.45. The Bertz CT molecular complexity index is 456. The number of urea groups is 1. The number of unbranched alkanes of at least 4 members (excludes halogenated alkanes) is 2. The molecule has 2 amide bonds. The van der Waals surface area contributed by atoms with Gasteiger partial charge in [0.15, 0.2) is 0 Å². The molecule has 0 fully saturated rings. The molecule has 0 saturated carbocycles. The maximum absolute atomic E-state index is 11.3. The molecule has 0 bridgehead atoms. The van der Waals surface area contributed by atoms with Gasteiger partial charge >= 0.3 is 6.03 Å². The van der Waals surface area contributed by atoms with Crippen LogP contribution in [0.25, 0.3) is 0 Å². The van der Waals surface area contributed by atoms with Gasteiger partial charge in [0.05, 0.1) is 6.54 Å². The minimum Gasteiger partial charge on any atom is -0.350 e. The molecule has 0 saturated heterocycles. The van der Waals surface area contributed by atoms with Crippen molar-refractivity contribution < 1.29 is 4.79 Å². The molecule has 1 heterocycles. The van der Waals surface area contributed by atoms with Gasteiger partial charge in [0, 0.05) is 11.6 Å². The number of primary amides is 1. The average Bonchev–Trinajstić information content (AvgIpc) is 2.84. The monoisotopic (exact) mass is 259 g/mol. The van der Waals surface area contributed by atoms with Crippen molar-refractivity contribution in [1.82, 2.24) is 5.01 Å². The molecule has 4 heteroatoms. The van der Waals surface area contributed by atoms with Crippen LogP contribution >= 0.6 is 0 Å². The third-order valence-corrected chi connectivity index (χ3v) is 3.50. The number of hydrogen-bond donors (Lipinski definition) is 1. The van der Waals surface area contributed by atoms with E-state index >= 15 is 0 Å². The highest BCUT2D eigenvalue weighted by Crippen LogP contribution is 2.27. The Balaban J connectivity index is 2.13. The lowest BCUT2D eigenvalue weighted by Crippen LogP contribution is -2.30. The first-order valence-corrected chi connectivity index (χ1v) is 6.91. The summed E-state index contributed by atoms with van der Waals surface area (Å²) in [6.45, 7) is 2.75. The van der Waals surface area contributed by atoms with E-state index in [0.29, 0.717) is 6.54 Å². The van der Waals surface area contributed by atoms with E-state index in [4.69, 9.17) is 5.73 Å². The Hall–Kier alpha value is -1.84. The second kappa shape index (κ2) is 6.36. The van der Waals surface area contributed by atoms with Crippen molar-refractivity contribution in [1.29, 1.82) is 0 Å². The molecule has 0 radical (unpaired) electrons. The molecule has 0 spiro atoms. The first-order valence-electron chi connectivity index (χ1n) is 6.91. The first kappa shape index (κ1) is 13.6. The highest BCUT2D eigenvalue weighted by atomic mass is 16.2. The predicted octanol–water partition coefficient (Wildman–Crippen LogP) is 3.10. The molecule has 4 nitrogen and oxygen atoms in total. The standard InChI is InChI=1S/C15H21N3O/c1-2-3-5-10-14-13(11-18(17-14)15(16)19)12-8-6-4-7-9-12/h4,6-9,13H,2-3,5,10-11H2,1H3,(H2,16,19). The minimum absolute atomic E-state index is 0.200. The molecule has 1 unspecified atom stereocenters. The van der Waals surface area contributed by atoms with Gasteiger partial charge < -0.3 is 5.73 Å². The van der Waals surface area contributed by atoms with Gasteiger partial charge in [-0.05, 0) is 18.4 Å². The molecule has 102 valence electrons. The largest absolute Gasteiger partial charge is 0.350 e. The van der Waals surface area contributed by atoms with Gasteiger partial charge in [-0.2, -0.15) is 5.10 Å². The second-order valence-corrected chi connectivity index (χ2v) is 4.93. The van der Waals surface area contributed by atoms with E-state index < -0.39 is 6.03 Å². The van der Waals surface area contributed by atoms with Crippen LogP contribution in [0.2, 0.25) is 0 Å². The third-order valence-electron chi connectivity index (χ3n) is 3.50. The van der Waals surface area contributed by atoms with Crippen molar-refractivity contribution in [3.8, 4) is 0 Å². The Labute approximate surface area is 114 Å². The van der Waals surface area contributed by atoms with Crippen LogP contribution in [0.1, 0.15) is 44.1 Å². The third kappa shape index (κ3) is 3.34. The van der Waals surface area contributed by atoms with Crippen molar-refractivity contribution in [2.45, 2.75) is 38.5 Å². The Kier molecular flexibility index (Phi) is 4.55. The molecule has 1 aliphatic rings. The molecular weight excluding hydrogens is 238 g/mol. The van der Waals surface area contributed by atoms with E-state index in [9.17, 15) is 4.79 Å². The van der Waals surface area contributed by atoms with E-state index in [1.54, 1.807) is 0 Å². The summed E-state index contributed by atoms with van der Waals surface area (Å²) in [5.41, 5.74) is 7.63. The van der Waals surface area contributed by atoms with Crippen molar-refractivity contribution >= 4 is 11.7 Å². The molecule has 1 aromatic carbocycles. The zero-order valence-electron chi connectivity index (χ0n) is 11.4. The van der Waals surface area contributed by atoms with E-state index in [1.807, 2.05) is 18.2 Å². The molecule has 19 heavy (non-hydrogen) atoms. The quantitative estimate of drug-likeness (QED) is 0.811. The highest BCUT2D eigenvalue weighted by molar-refractivity contribution is 5.94. The lowest BCUT2D eigenvalue weighted by atomic mass is 9.92. The fraction of sp³-hybridized carbons (Fsp3) is 0.467. The number of hydrogen-bond acceptors (Lipinski definition) is 2. The molecule has 0 aromatic heterocycles. The number of amides is 2. The van der Waals surface area contributed by atoms with Crippen LogP contribution in [0.3, 0.4) is 0 Å². The smallest absolute Gasteiger partial charge is 0.335 e. The molecule has 1 aromatic rings. The average molecular weight is 259 g/mol. The van der Waals surface area contributed by atoms with Crippen LogP contribution in [-0.4, -0.2) is 23.3 Å². The SMILES string of the molecule is CCCCCC1=NN(C(N)=O)CC1c1ccccc1. The highest BCUT2D eigenvalue weighted by Gasteiger charge is 2.29. The maximum Gasteiger partial charge on any atom is 0.335 e. The van der Waals surface area contributed by atoms with E-state index in [0.717, 1.165) is 18.6 Å². The predicted molar refractivity (Wildman–Crippen MR) is 77.0 cm³/mol. The zero-order valence-corrected chi connectivity index (χ0v) is 11.4. The van der Waals surface area contributed by atoms with Crippen molar-refractivity contribution in [2.24, 2.45) is 10.8 Å². The van der Waals surface area contributed by atoms with Crippen LogP contribution < -0.4 is 5.73 Å². The lowest BCUT2D eigenvalue weighted by molar-refractivity contribution is 0.214. The van der Waals surface area contributed by atoms with Gasteiger partial charge in [-0.25, -0.2) is 9.80 Å². The first-order chi connectivity index (χ1) is 9.22. The summed E-state index contributed by atoms with van der Waals surface area (Å²) in [5.74, 6) is 0.200. The summed E-state index contributed by atoms with van der Waals surface area (Å²) in [6.07, 6.45) is 4.43. The van der Waals surface area contributed by atoms with Crippen LogP contribution in [0.5, 0.6) is 0 Å². The second-order valence-electron chi connectivity index (χ2n) is 4.93. The van der Waals surface area contributed by atoms with Crippen molar-refractivity contribution in [3.05, 3.63) is 35.9 Å². The molecular formula is C15H21N3O. The van der Waals surface area contributed by atoms with Crippen molar-refractivity contribution in [2.75, 3.05) is 6.54 Å². The summed E-state index contributed by atoms with van der Waals surface area (Å²) < 4.78 is 0. The number of nitrogens with zero attached hydrogens (tertiary/aromatic N) is 2. The number of nitrogens with two attached hydrogens (primary N) is 1. The number of benzene rings is 1. The zero-order chi connectivity index (χ0) is 13.7. The van der Waals surface area contributed by atoms with E-state index in [1.165, 1.54) is 23.4 Å². The van der Waals surface area contributed by atoms with Crippen molar-refractivity contribution in [3.63, 3.8) is 0 Å². The fourth-order valence-corrected chi connectivity index (χ4v) is 2.45. The number of carbonyl (C=O) groups excluding carboxylic acids is 1. The topological polar surface area (TPSA) is 58.7 Å². The molecule has 0 aliphatic carbocycles. The number of rotatable bonds is 5. The molecule has 1 atom stereocenters. The summed E-state index contributed by atoms with van der Waals surface area (Å²) in [6, 6.07) is 9.75. The summed E-state index contributed by atoms with van der Waals surface area (Å²) >= 11 is 0. The van der Waals surface area contributed by atoms with Crippen LogP contribution in [0, 0.1) is 0 Å². The normalized spacial score (nSPS) is 18.5.